The van der Waals surface area contributed by atoms with Crippen molar-refractivity contribution in [1.82, 2.24) is 0 Å². The molecule has 0 saturated heterocycles. The van der Waals surface area contributed by atoms with E-state index < -0.39 is 28.3 Å². The second-order valence-electron chi connectivity index (χ2n) is 5.41. The van der Waals surface area contributed by atoms with Gasteiger partial charge in [-0.15, -0.1) is 0 Å². The molecule has 26 heavy (non-hydrogen) atoms. The summed E-state index contributed by atoms with van der Waals surface area (Å²) in [5.74, 6) is -1.66. The fraction of sp³-hybridized carbons (Fsp3) is 0.222. The molecule has 7 nitrogen and oxygen atoms in total. The van der Waals surface area contributed by atoms with Crippen molar-refractivity contribution in [3.63, 3.8) is 0 Å². The lowest BCUT2D eigenvalue weighted by Crippen LogP contribution is -2.28. The molecule has 0 aliphatic rings. The van der Waals surface area contributed by atoms with Crippen molar-refractivity contribution < 1.29 is 23.6 Å². The highest BCUT2D eigenvalue weighted by molar-refractivity contribution is 5.94. The van der Waals surface area contributed by atoms with E-state index in [-0.39, 0.29) is 18.8 Å². The minimum Gasteiger partial charge on any atom is -0.462 e. The summed E-state index contributed by atoms with van der Waals surface area (Å²) < 4.78 is 18.2. The monoisotopic (exact) mass is 360 g/mol. The number of hydrogen-bond acceptors (Lipinski definition) is 5. The number of amides is 1. The number of carbonyl (C=O) groups excluding carboxylic acids is 2. The molecule has 1 amide bonds. The Bertz CT molecular complexity index is 836. The molecule has 0 fully saturated rings. The predicted octanol–water partition coefficient (Wildman–Crippen LogP) is 3.46. The number of ether oxygens (including phenoxy) is 1. The minimum atomic E-state index is -0.761. The van der Waals surface area contributed by atoms with Crippen molar-refractivity contribution in [2.24, 2.45) is 0 Å². The van der Waals surface area contributed by atoms with Crippen LogP contribution in [0, 0.1) is 15.9 Å². The van der Waals surface area contributed by atoms with Crippen LogP contribution >= 0.6 is 0 Å². The van der Waals surface area contributed by atoms with Crippen molar-refractivity contribution in [3.8, 4) is 0 Å². The molecule has 0 N–H and O–H groups in total. The number of benzene rings is 2. The maximum absolute atomic E-state index is 13.3. The van der Waals surface area contributed by atoms with Crippen molar-refractivity contribution in [3.05, 3.63) is 69.5 Å². The van der Waals surface area contributed by atoms with Crippen LogP contribution in [-0.2, 0) is 16.1 Å². The molecule has 0 radical (unpaired) electrons. The first kappa shape index (κ1) is 19.0. The summed E-state index contributed by atoms with van der Waals surface area (Å²) in [6.45, 7) is 3.25. The third-order valence-electron chi connectivity index (χ3n) is 3.61. The molecule has 0 spiro atoms. The standard InChI is InChI=1S/C18H17FN2O5/c1-3-26-18(23)14-6-4-13(5-7-14)11-20(12(2)22)16-9-8-15(19)10-17(16)21(24)25/h4-10H,3,11H2,1-2H3. The zero-order valence-corrected chi connectivity index (χ0v) is 14.3. The summed E-state index contributed by atoms with van der Waals surface area (Å²) in [5, 5.41) is 11.2. The first-order valence-electron chi connectivity index (χ1n) is 7.81. The van der Waals surface area contributed by atoms with Crippen molar-refractivity contribution in [2.75, 3.05) is 11.5 Å². The van der Waals surface area contributed by atoms with Crippen molar-refractivity contribution in [1.29, 1.82) is 0 Å². The lowest BCUT2D eigenvalue weighted by molar-refractivity contribution is -0.384. The van der Waals surface area contributed by atoms with Crippen LogP contribution in [0.3, 0.4) is 0 Å². The molecular formula is C18H17FN2O5. The number of nitro benzene ring substituents is 1. The van der Waals surface area contributed by atoms with E-state index in [4.69, 9.17) is 4.74 Å². The molecule has 2 rings (SSSR count). The van der Waals surface area contributed by atoms with Gasteiger partial charge in [-0.3, -0.25) is 14.9 Å². The van der Waals surface area contributed by atoms with Gasteiger partial charge in [-0.25, -0.2) is 9.18 Å². The van der Waals surface area contributed by atoms with E-state index in [0.717, 1.165) is 12.1 Å². The lowest BCUT2D eigenvalue weighted by Gasteiger charge is -2.21. The highest BCUT2D eigenvalue weighted by Crippen LogP contribution is 2.30. The fourth-order valence-electron chi connectivity index (χ4n) is 2.38. The van der Waals surface area contributed by atoms with Gasteiger partial charge in [0.25, 0.3) is 5.69 Å². The summed E-state index contributed by atoms with van der Waals surface area (Å²) in [5.41, 5.74) is 0.506. The number of carbonyl (C=O) groups is 2. The van der Waals surface area contributed by atoms with Gasteiger partial charge < -0.3 is 9.64 Å². The van der Waals surface area contributed by atoms with Crippen LogP contribution in [-0.4, -0.2) is 23.4 Å². The summed E-state index contributed by atoms with van der Waals surface area (Å²) >= 11 is 0. The SMILES string of the molecule is CCOC(=O)c1ccc(CN(C(C)=O)c2ccc(F)cc2[N+](=O)[O-])cc1. The summed E-state index contributed by atoms with van der Waals surface area (Å²) in [7, 11) is 0. The third-order valence-corrected chi connectivity index (χ3v) is 3.61. The molecule has 0 aromatic heterocycles. The zero-order chi connectivity index (χ0) is 19.3. The van der Waals surface area contributed by atoms with Gasteiger partial charge in [0.15, 0.2) is 0 Å². The highest BCUT2D eigenvalue weighted by atomic mass is 19.1. The number of hydrogen-bond donors (Lipinski definition) is 0. The molecule has 0 heterocycles. The van der Waals surface area contributed by atoms with E-state index in [1.54, 1.807) is 31.2 Å². The van der Waals surface area contributed by atoms with Crippen molar-refractivity contribution >= 4 is 23.3 Å². The first-order chi connectivity index (χ1) is 12.3. The Hall–Kier alpha value is -3.29. The molecule has 136 valence electrons. The summed E-state index contributed by atoms with van der Waals surface area (Å²) in [6.07, 6.45) is 0. The average molecular weight is 360 g/mol. The first-order valence-corrected chi connectivity index (χ1v) is 7.81. The molecule has 0 unspecified atom stereocenters. The maximum atomic E-state index is 13.3. The number of nitro groups is 1. The topological polar surface area (TPSA) is 89.8 Å². The fourth-order valence-corrected chi connectivity index (χ4v) is 2.38. The minimum absolute atomic E-state index is 0.00151. The van der Waals surface area contributed by atoms with E-state index >= 15 is 0 Å². The second-order valence-corrected chi connectivity index (χ2v) is 5.41. The van der Waals surface area contributed by atoms with Gasteiger partial charge in [0, 0.05) is 6.92 Å². The van der Waals surface area contributed by atoms with Gasteiger partial charge in [0.2, 0.25) is 5.91 Å². The number of nitrogens with zero attached hydrogens (tertiary/aromatic N) is 2. The van der Waals surface area contributed by atoms with Gasteiger partial charge in [0.1, 0.15) is 11.5 Å². The average Bonchev–Trinajstić information content (AvgIpc) is 2.60. The Morgan fingerprint density at radius 3 is 2.38 bits per heavy atom. The number of esters is 1. The molecular weight excluding hydrogens is 343 g/mol. The zero-order valence-electron chi connectivity index (χ0n) is 14.3. The Morgan fingerprint density at radius 2 is 1.85 bits per heavy atom. The molecule has 2 aromatic carbocycles. The van der Waals surface area contributed by atoms with Crippen LogP contribution in [0.15, 0.2) is 42.5 Å². The van der Waals surface area contributed by atoms with Crippen LogP contribution < -0.4 is 4.90 Å². The highest BCUT2D eigenvalue weighted by Gasteiger charge is 2.23. The van der Waals surface area contributed by atoms with Gasteiger partial charge in [-0.05, 0) is 36.8 Å². The van der Waals surface area contributed by atoms with Crippen LogP contribution in [0.2, 0.25) is 0 Å². The molecule has 0 bridgehead atoms. The Kier molecular flexibility index (Phi) is 6.00. The molecule has 8 heteroatoms. The molecule has 0 aliphatic heterocycles. The summed E-state index contributed by atoms with van der Waals surface area (Å²) in [6, 6.07) is 9.36. The van der Waals surface area contributed by atoms with Gasteiger partial charge in [0.05, 0.1) is 29.7 Å². The van der Waals surface area contributed by atoms with E-state index in [0.29, 0.717) is 11.1 Å². The van der Waals surface area contributed by atoms with Gasteiger partial charge >= 0.3 is 5.97 Å². The van der Waals surface area contributed by atoms with Crippen LogP contribution in [0.5, 0.6) is 0 Å². The van der Waals surface area contributed by atoms with Gasteiger partial charge in [-0.2, -0.15) is 0 Å². The van der Waals surface area contributed by atoms with Crippen molar-refractivity contribution in [2.45, 2.75) is 20.4 Å². The number of halogens is 1. The molecule has 0 aliphatic carbocycles. The van der Waals surface area contributed by atoms with Crippen LogP contribution in [0.1, 0.15) is 29.8 Å². The van der Waals surface area contributed by atoms with Gasteiger partial charge in [-0.1, -0.05) is 12.1 Å². The smallest absolute Gasteiger partial charge is 0.338 e. The van der Waals surface area contributed by atoms with E-state index in [2.05, 4.69) is 0 Å². The van der Waals surface area contributed by atoms with E-state index in [1.807, 2.05) is 0 Å². The lowest BCUT2D eigenvalue weighted by atomic mass is 10.1. The number of anilines is 1. The quantitative estimate of drug-likeness (QED) is 0.447. The molecule has 0 saturated carbocycles. The third kappa shape index (κ3) is 4.41. The normalized spacial score (nSPS) is 10.3. The maximum Gasteiger partial charge on any atom is 0.338 e. The Morgan fingerprint density at radius 1 is 1.19 bits per heavy atom. The molecule has 2 aromatic rings. The summed E-state index contributed by atoms with van der Waals surface area (Å²) in [4.78, 5) is 35.3. The van der Waals surface area contributed by atoms with E-state index in [1.165, 1.54) is 17.9 Å². The Balaban J connectivity index is 2.31. The second kappa shape index (κ2) is 8.19. The largest absolute Gasteiger partial charge is 0.462 e. The van der Waals surface area contributed by atoms with E-state index in [9.17, 15) is 24.1 Å². The van der Waals surface area contributed by atoms with Crippen LogP contribution in [0.25, 0.3) is 0 Å². The molecule has 0 atom stereocenters. The predicted molar refractivity (Wildman–Crippen MR) is 92.3 cm³/mol. The van der Waals surface area contributed by atoms with Crippen LogP contribution in [0.4, 0.5) is 15.8 Å². The Labute approximate surface area is 149 Å². The number of rotatable bonds is 6.